The normalized spacial score (nSPS) is 20.8. The number of thiophene rings is 1. The lowest BCUT2D eigenvalue weighted by Gasteiger charge is -2.35. The third-order valence-electron chi connectivity index (χ3n) is 4.88. The molecule has 1 aromatic heterocycles. The van der Waals surface area contributed by atoms with Crippen LogP contribution in [-0.2, 0) is 4.74 Å². The van der Waals surface area contributed by atoms with Gasteiger partial charge in [-0.3, -0.25) is 4.79 Å². The molecule has 1 saturated heterocycles. The highest BCUT2D eigenvalue weighted by molar-refractivity contribution is 7.10. The molecule has 3 rings (SSSR count). The number of carbonyl (C=O) groups excluding carboxylic acids is 1. The first-order valence-electron chi connectivity index (χ1n) is 8.16. The van der Waals surface area contributed by atoms with Crippen LogP contribution in [0.4, 0.5) is 4.39 Å². The Bertz CT molecular complexity index is 725. The summed E-state index contributed by atoms with van der Waals surface area (Å²) in [5.74, 6) is -0.177. The molecule has 2 heterocycles. The van der Waals surface area contributed by atoms with Crippen molar-refractivity contribution in [1.82, 2.24) is 4.90 Å². The highest BCUT2D eigenvalue weighted by Gasteiger charge is 2.30. The first-order chi connectivity index (χ1) is 11.5. The van der Waals surface area contributed by atoms with Gasteiger partial charge in [-0.1, -0.05) is 12.1 Å². The van der Waals surface area contributed by atoms with Crippen molar-refractivity contribution in [3.8, 4) is 0 Å². The molecule has 0 spiro atoms. The van der Waals surface area contributed by atoms with Gasteiger partial charge in [0.1, 0.15) is 5.82 Å². The van der Waals surface area contributed by atoms with Gasteiger partial charge in [0.15, 0.2) is 0 Å². The van der Waals surface area contributed by atoms with Crippen molar-refractivity contribution >= 4 is 17.2 Å². The van der Waals surface area contributed by atoms with E-state index >= 15 is 0 Å². The van der Waals surface area contributed by atoms with E-state index < -0.39 is 0 Å². The number of amides is 1. The number of hydrogen-bond donors (Lipinski definition) is 0. The van der Waals surface area contributed by atoms with E-state index in [4.69, 9.17) is 4.74 Å². The minimum absolute atomic E-state index is 0.0709. The molecule has 1 amide bonds. The summed E-state index contributed by atoms with van der Waals surface area (Å²) in [7, 11) is 1.87. The molecule has 0 N–H and O–H groups in total. The minimum Gasteiger partial charge on any atom is -0.373 e. The Morgan fingerprint density at radius 3 is 2.62 bits per heavy atom. The van der Waals surface area contributed by atoms with Gasteiger partial charge in [-0.05, 0) is 49.9 Å². The largest absolute Gasteiger partial charge is 0.373 e. The first-order valence-corrected chi connectivity index (χ1v) is 9.04. The second-order valence-corrected chi connectivity index (χ2v) is 7.42. The van der Waals surface area contributed by atoms with Crippen LogP contribution in [0.5, 0.6) is 0 Å². The number of nitrogens with zero attached hydrogens (tertiary/aromatic N) is 1. The lowest BCUT2D eigenvalue weighted by Crippen LogP contribution is -2.41. The molecule has 5 heteroatoms. The summed E-state index contributed by atoms with van der Waals surface area (Å²) in [6.45, 7) is 4.64. The Morgan fingerprint density at radius 1 is 1.29 bits per heavy atom. The molecule has 0 bridgehead atoms. The van der Waals surface area contributed by atoms with Gasteiger partial charge in [0.25, 0.3) is 5.91 Å². The van der Waals surface area contributed by atoms with Gasteiger partial charge in [0.2, 0.25) is 0 Å². The molecule has 2 aromatic rings. The molecule has 1 fully saturated rings. The highest BCUT2D eigenvalue weighted by atomic mass is 32.1. The van der Waals surface area contributed by atoms with Crippen LogP contribution in [0, 0.1) is 19.7 Å². The van der Waals surface area contributed by atoms with Gasteiger partial charge in [-0.15, -0.1) is 11.3 Å². The molecule has 1 aliphatic rings. The number of ether oxygens (including phenoxy) is 1. The zero-order valence-electron chi connectivity index (χ0n) is 14.2. The van der Waals surface area contributed by atoms with Gasteiger partial charge in [0, 0.05) is 30.0 Å². The molecule has 0 radical (unpaired) electrons. The van der Waals surface area contributed by atoms with Gasteiger partial charge >= 0.3 is 0 Å². The monoisotopic (exact) mass is 347 g/mol. The number of halogens is 1. The standard InChI is InChI=1S/C19H22FNO2S/c1-12-13(2)24-11-17(12)19(22)21(3)16-8-9-23-18(10-16)14-4-6-15(20)7-5-14/h4-7,11,16,18H,8-10H2,1-3H3/t16-,18+/m0/s1. The number of carbonyl (C=O) groups is 1. The molecule has 2 atom stereocenters. The van der Waals surface area contributed by atoms with E-state index in [0.29, 0.717) is 6.61 Å². The van der Waals surface area contributed by atoms with Crippen LogP contribution in [-0.4, -0.2) is 30.5 Å². The van der Waals surface area contributed by atoms with Crippen LogP contribution < -0.4 is 0 Å². The number of aryl methyl sites for hydroxylation is 1. The molecule has 1 aromatic carbocycles. The van der Waals surface area contributed by atoms with Crippen molar-refractivity contribution < 1.29 is 13.9 Å². The highest BCUT2D eigenvalue weighted by Crippen LogP contribution is 2.31. The maximum absolute atomic E-state index is 13.1. The average Bonchev–Trinajstić information content (AvgIpc) is 2.93. The van der Waals surface area contributed by atoms with Crippen LogP contribution in [0.3, 0.4) is 0 Å². The third-order valence-corrected chi connectivity index (χ3v) is 5.90. The molecular weight excluding hydrogens is 325 g/mol. The Hall–Kier alpha value is -1.72. The minimum atomic E-state index is -0.248. The predicted octanol–water partition coefficient (Wildman–Crippen LogP) is 4.50. The smallest absolute Gasteiger partial charge is 0.254 e. The van der Waals surface area contributed by atoms with E-state index in [1.54, 1.807) is 23.5 Å². The van der Waals surface area contributed by atoms with E-state index in [1.807, 2.05) is 31.2 Å². The molecule has 0 saturated carbocycles. The zero-order valence-corrected chi connectivity index (χ0v) is 15.0. The fraction of sp³-hybridized carbons (Fsp3) is 0.421. The van der Waals surface area contributed by atoms with Crippen molar-refractivity contribution in [3.05, 3.63) is 57.0 Å². The number of benzene rings is 1. The molecule has 24 heavy (non-hydrogen) atoms. The van der Waals surface area contributed by atoms with Gasteiger partial charge in [0.05, 0.1) is 11.7 Å². The van der Waals surface area contributed by atoms with Crippen molar-refractivity contribution in [3.63, 3.8) is 0 Å². The maximum atomic E-state index is 13.1. The zero-order chi connectivity index (χ0) is 17.3. The lowest BCUT2D eigenvalue weighted by atomic mass is 9.96. The summed E-state index contributed by atoms with van der Waals surface area (Å²) in [6, 6.07) is 6.55. The number of hydrogen-bond acceptors (Lipinski definition) is 3. The van der Waals surface area contributed by atoms with E-state index in [1.165, 1.54) is 17.0 Å². The van der Waals surface area contributed by atoms with Crippen molar-refractivity contribution in [2.75, 3.05) is 13.7 Å². The van der Waals surface area contributed by atoms with E-state index in [0.717, 1.165) is 29.5 Å². The van der Waals surface area contributed by atoms with Crippen LogP contribution in [0.25, 0.3) is 0 Å². The van der Waals surface area contributed by atoms with Crippen LogP contribution in [0.1, 0.15) is 45.3 Å². The predicted molar refractivity (Wildman–Crippen MR) is 94.0 cm³/mol. The number of rotatable bonds is 3. The van der Waals surface area contributed by atoms with Gasteiger partial charge in [-0.2, -0.15) is 0 Å². The van der Waals surface area contributed by atoms with Crippen molar-refractivity contribution in [2.45, 2.75) is 38.8 Å². The Morgan fingerprint density at radius 2 is 2.00 bits per heavy atom. The summed E-state index contributed by atoms with van der Waals surface area (Å²) in [5.41, 5.74) is 2.83. The van der Waals surface area contributed by atoms with E-state index in [2.05, 4.69) is 0 Å². The van der Waals surface area contributed by atoms with Crippen LogP contribution in [0.2, 0.25) is 0 Å². The third kappa shape index (κ3) is 3.37. The van der Waals surface area contributed by atoms with Gasteiger partial charge in [-0.25, -0.2) is 4.39 Å². The van der Waals surface area contributed by atoms with Crippen LogP contribution in [0.15, 0.2) is 29.6 Å². The SMILES string of the molecule is Cc1scc(C(=O)N(C)[C@H]2CCO[C@@H](c3ccc(F)cc3)C2)c1C. The Labute approximate surface area is 146 Å². The molecule has 0 unspecified atom stereocenters. The fourth-order valence-corrected chi connectivity index (χ4v) is 3.98. The molecular formula is C19H22FNO2S. The Balaban J connectivity index is 1.73. The topological polar surface area (TPSA) is 29.5 Å². The lowest BCUT2D eigenvalue weighted by molar-refractivity contribution is -0.0197. The molecule has 1 aliphatic heterocycles. The second kappa shape index (κ2) is 7.03. The van der Waals surface area contributed by atoms with Gasteiger partial charge < -0.3 is 9.64 Å². The average molecular weight is 347 g/mol. The second-order valence-electron chi connectivity index (χ2n) is 6.34. The summed E-state index contributed by atoms with van der Waals surface area (Å²) in [6.07, 6.45) is 1.46. The summed E-state index contributed by atoms with van der Waals surface area (Å²) in [4.78, 5) is 15.8. The molecule has 128 valence electrons. The summed E-state index contributed by atoms with van der Waals surface area (Å²) < 4.78 is 18.9. The van der Waals surface area contributed by atoms with Crippen molar-refractivity contribution in [2.24, 2.45) is 0 Å². The first kappa shape index (κ1) is 17.1. The van der Waals surface area contributed by atoms with Crippen molar-refractivity contribution in [1.29, 1.82) is 0 Å². The maximum Gasteiger partial charge on any atom is 0.254 e. The Kier molecular flexibility index (Phi) is 5.01. The summed E-state index contributed by atoms with van der Waals surface area (Å²) >= 11 is 1.61. The van der Waals surface area contributed by atoms with E-state index in [-0.39, 0.29) is 23.9 Å². The summed E-state index contributed by atoms with van der Waals surface area (Å²) in [5, 5.41) is 1.94. The quantitative estimate of drug-likeness (QED) is 0.818. The van der Waals surface area contributed by atoms with E-state index in [9.17, 15) is 9.18 Å². The fourth-order valence-electron chi connectivity index (χ4n) is 3.12. The van der Waals surface area contributed by atoms with Crippen LogP contribution >= 0.6 is 11.3 Å². The molecule has 0 aliphatic carbocycles. The molecule has 3 nitrogen and oxygen atoms in total.